The molecule has 0 aromatic heterocycles. The summed E-state index contributed by atoms with van der Waals surface area (Å²) in [4.78, 5) is 11.7. The van der Waals surface area contributed by atoms with Crippen molar-refractivity contribution in [2.24, 2.45) is 5.18 Å². The molecule has 1 saturated heterocycles. The van der Waals surface area contributed by atoms with Gasteiger partial charge in [-0.15, -0.1) is 4.91 Å². The summed E-state index contributed by atoms with van der Waals surface area (Å²) >= 11 is 0. The first-order chi connectivity index (χ1) is 4.93. The number of nitroso groups, excluding NO2 is 1. The minimum Gasteiger partial charge on any atom is -0.378 e. The standard InChI is InChI=1S/C6H10N2O2/c9-7-1-2-8-3-5-10-6-4-8/h1-2H,3-6H2/b2-1+. The van der Waals surface area contributed by atoms with Crippen LogP contribution in [-0.4, -0.2) is 31.2 Å². The van der Waals surface area contributed by atoms with Gasteiger partial charge in [0.1, 0.15) is 0 Å². The average molecular weight is 142 g/mol. The van der Waals surface area contributed by atoms with Crippen LogP contribution in [0.2, 0.25) is 0 Å². The lowest BCUT2D eigenvalue weighted by Crippen LogP contribution is -2.31. The molecule has 0 spiro atoms. The van der Waals surface area contributed by atoms with Gasteiger partial charge in [-0.25, -0.2) is 0 Å². The van der Waals surface area contributed by atoms with Gasteiger partial charge >= 0.3 is 0 Å². The van der Waals surface area contributed by atoms with Gasteiger partial charge in [-0.1, -0.05) is 0 Å². The maximum Gasteiger partial charge on any atom is 0.0873 e. The molecule has 0 aromatic carbocycles. The lowest BCUT2D eigenvalue weighted by molar-refractivity contribution is 0.0593. The van der Waals surface area contributed by atoms with Crippen molar-refractivity contribution >= 4 is 0 Å². The summed E-state index contributed by atoms with van der Waals surface area (Å²) in [7, 11) is 0. The Morgan fingerprint density at radius 2 is 2.10 bits per heavy atom. The van der Waals surface area contributed by atoms with Crippen LogP contribution in [0.5, 0.6) is 0 Å². The van der Waals surface area contributed by atoms with Crippen molar-refractivity contribution in [2.45, 2.75) is 0 Å². The molecule has 1 fully saturated rings. The first kappa shape index (κ1) is 7.21. The fourth-order valence-electron chi connectivity index (χ4n) is 0.848. The Kier molecular flexibility index (Phi) is 2.89. The number of hydrogen-bond acceptors (Lipinski definition) is 4. The summed E-state index contributed by atoms with van der Waals surface area (Å²) in [6, 6.07) is 0. The van der Waals surface area contributed by atoms with Crippen molar-refractivity contribution in [1.82, 2.24) is 4.90 Å². The normalized spacial score (nSPS) is 19.8. The van der Waals surface area contributed by atoms with Crippen LogP contribution in [0.4, 0.5) is 0 Å². The molecule has 4 nitrogen and oxygen atoms in total. The van der Waals surface area contributed by atoms with E-state index >= 15 is 0 Å². The van der Waals surface area contributed by atoms with E-state index in [1.54, 1.807) is 6.20 Å². The highest BCUT2D eigenvalue weighted by atomic mass is 16.5. The van der Waals surface area contributed by atoms with Crippen LogP contribution in [0.1, 0.15) is 0 Å². The number of rotatable bonds is 2. The molecule has 0 unspecified atom stereocenters. The monoisotopic (exact) mass is 142 g/mol. The molecule has 1 heterocycles. The van der Waals surface area contributed by atoms with E-state index in [1.807, 2.05) is 4.90 Å². The van der Waals surface area contributed by atoms with Crippen molar-refractivity contribution < 1.29 is 4.74 Å². The molecule has 4 heteroatoms. The molecule has 0 aromatic rings. The molecule has 1 aliphatic heterocycles. The summed E-state index contributed by atoms with van der Waals surface area (Å²) in [5.41, 5.74) is 0. The van der Waals surface area contributed by atoms with Gasteiger partial charge in [0, 0.05) is 19.3 Å². The molecule has 1 aliphatic rings. The molecule has 56 valence electrons. The van der Waals surface area contributed by atoms with Gasteiger partial charge < -0.3 is 9.64 Å². The van der Waals surface area contributed by atoms with E-state index in [9.17, 15) is 4.91 Å². The maximum atomic E-state index is 9.65. The molecule has 0 radical (unpaired) electrons. The molecule has 1 rings (SSSR count). The van der Waals surface area contributed by atoms with E-state index in [4.69, 9.17) is 4.74 Å². The van der Waals surface area contributed by atoms with Crippen molar-refractivity contribution in [1.29, 1.82) is 0 Å². The molecule has 0 amide bonds. The van der Waals surface area contributed by atoms with Gasteiger partial charge in [0.15, 0.2) is 0 Å². The first-order valence-corrected chi connectivity index (χ1v) is 3.24. The lowest BCUT2D eigenvalue weighted by atomic mass is 10.4. The fourth-order valence-corrected chi connectivity index (χ4v) is 0.848. The first-order valence-electron chi connectivity index (χ1n) is 3.24. The predicted molar refractivity (Wildman–Crippen MR) is 37.3 cm³/mol. The second kappa shape index (κ2) is 4.00. The molecular formula is C6H10N2O2. The summed E-state index contributed by atoms with van der Waals surface area (Å²) in [6.07, 6.45) is 2.95. The molecule has 0 aliphatic carbocycles. The van der Waals surface area contributed by atoms with Crippen molar-refractivity contribution in [3.63, 3.8) is 0 Å². The summed E-state index contributed by atoms with van der Waals surface area (Å²) in [5, 5.41) is 2.62. The summed E-state index contributed by atoms with van der Waals surface area (Å²) < 4.78 is 5.10. The largest absolute Gasteiger partial charge is 0.378 e. The molecule has 0 saturated carbocycles. The highest BCUT2D eigenvalue weighted by Gasteiger charge is 2.04. The SMILES string of the molecule is O=N/C=C/N1CCOCC1. The Bertz CT molecular complexity index is 130. The van der Waals surface area contributed by atoms with Crippen LogP contribution in [0.15, 0.2) is 17.6 Å². The van der Waals surface area contributed by atoms with Gasteiger partial charge in [0.25, 0.3) is 0 Å². The van der Waals surface area contributed by atoms with Crippen LogP contribution in [0, 0.1) is 4.91 Å². The van der Waals surface area contributed by atoms with E-state index in [0.717, 1.165) is 26.3 Å². The Morgan fingerprint density at radius 3 is 2.70 bits per heavy atom. The highest BCUT2D eigenvalue weighted by Crippen LogP contribution is 1.96. The van der Waals surface area contributed by atoms with E-state index in [0.29, 0.717) is 0 Å². The minimum atomic E-state index is 0.739. The Morgan fingerprint density at radius 1 is 1.40 bits per heavy atom. The zero-order valence-electron chi connectivity index (χ0n) is 5.69. The van der Waals surface area contributed by atoms with Gasteiger partial charge in [-0.3, -0.25) is 0 Å². The Hall–Kier alpha value is -0.900. The van der Waals surface area contributed by atoms with Crippen molar-refractivity contribution in [2.75, 3.05) is 26.3 Å². The van der Waals surface area contributed by atoms with E-state index in [-0.39, 0.29) is 0 Å². The van der Waals surface area contributed by atoms with E-state index < -0.39 is 0 Å². The Balaban J connectivity index is 2.25. The van der Waals surface area contributed by atoms with Crippen LogP contribution >= 0.6 is 0 Å². The van der Waals surface area contributed by atoms with Crippen LogP contribution in [0.25, 0.3) is 0 Å². The molecular weight excluding hydrogens is 132 g/mol. The topological polar surface area (TPSA) is 41.9 Å². The number of hydrogen-bond donors (Lipinski definition) is 0. The zero-order chi connectivity index (χ0) is 7.23. The minimum absolute atomic E-state index is 0.739. The van der Waals surface area contributed by atoms with Gasteiger partial charge in [-0.2, -0.15) is 0 Å². The maximum absolute atomic E-state index is 9.65. The smallest absolute Gasteiger partial charge is 0.0873 e. The number of nitrogens with zero attached hydrogens (tertiary/aromatic N) is 2. The van der Waals surface area contributed by atoms with Crippen LogP contribution in [-0.2, 0) is 4.74 Å². The third-order valence-electron chi connectivity index (χ3n) is 1.38. The third kappa shape index (κ3) is 2.14. The quantitative estimate of drug-likeness (QED) is 0.529. The molecule has 0 bridgehead atoms. The van der Waals surface area contributed by atoms with Gasteiger partial charge in [0.2, 0.25) is 0 Å². The second-order valence-corrected chi connectivity index (χ2v) is 2.05. The molecule has 10 heavy (non-hydrogen) atoms. The summed E-state index contributed by atoms with van der Waals surface area (Å²) in [6.45, 7) is 3.18. The van der Waals surface area contributed by atoms with Crippen molar-refractivity contribution in [3.8, 4) is 0 Å². The molecule has 0 N–H and O–H groups in total. The van der Waals surface area contributed by atoms with Crippen LogP contribution in [0.3, 0.4) is 0 Å². The Labute approximate surface area is 59.4 Å². The zero-order valence-corrected chi connectivity index (χ0v) is 5.69. The van der Waals surface area contributed by atoms with Crippen LogP contribution < -0.4 is 0 Å². The van der Waals surface area contributed by atoms with Crippen molar-refractivity contribution in [3.05, 3.63) is 17.3 Å². The second-order valence-electron chi connectivity index (χ2n) is 2.05. The fraction of sp³-hybridized carbons (Fsp3) is 0.667. The van der Waals surface area contributed by atoms with E-state index in [1.165, 1.54) is 6.20 Å². The lowest BCUT2D eigenvalue weighted by Gasteiger charge is -2.24. The molecule has 0 atom stereocenters. The third-order valence-corrected chi connectivity index (χ3v) is 1.38. The number of morpholine rings is 1. The number of ether oxygens (including phenoxy) is 1. The predicted octanol–water partition coefficient (Wildman–Crippen LogP) is 0.556. The average Bonchev–Trinajstić information content (AvgIpc) is 2.03. The highest BCUT2D eigenvalue weighted by molar-refractivity contribution is 4.81. The van der Waals surface area contributed by atoms with Gasteiger partial charge in [0.05, 0.1) is 19.4 Å². The summed E-state index contributed by atoms with van der Waals surface area (Å²) in [5.74, 6) is 0. The van der Waals surface area contributed by atoms with Gasteiger partial charge in [-0.05, 0) is 5.18 Å². The van der Waals surface area contributed by atoms with E-state index in [2.05, 4.69) is 5.18 Å².